The molecule has 0 unspecified atom stereocenters. The zero-order valence-electron chi connectivity index (χ0n) is 15.6. The standard InChI is InChI=1S/C24H24N2/c1-24(2,3)20-15-13-18(14-16-20)17-26-22-12-8-7-11-21(22)25-23(26)19-9-5-4-6-10-19/h4-16H,17H2,1-3H3. The molecule has 1 heterocycles. The van der Waals surface area contributed by atoms with Gasteiger partial charge in [-0.15, -0.1) is 0 Å². The van der Waals surface area contributed by atoms with Gasteiger partial charge in [0.15, 0.2) is 0 Å². The van der Waals surface area contributed by atoms with Crippen LogP contribution in [0.3, 0.4) is 0 Å². The van der Waals surface area contributed by atoms with Gasteiger partial charge in [0.25, 0.3) is 0 Å². The Balaban J connectivity index is 1.78. The van der Waals surface area contributed by atoms with E-state index in [1.807, 2.05) is 12.1 Å². The summed E-state index contributed by atoms with van der Waals surface area (Å²) in [5.41, 5.74) is 6.19. The molecule has 0 saturated heterocycles. The zero-order valence-corrected chi connectivity index (χ0v) is 15.6. The second kappa shape index (κ2) is 6.45. The Bertz CT molecular complexity index is 1020. The molecule has 2 nitrogen and oxygen atoms in total. The van der Waals surface area contributed by atoms with Gasteiger partial charge in [0, 0.05) is 12.1 Å². The largest absolute Gasteiger partial charge is 0.319 e. The summed E-state index contributed by atoms with van der Waals surface area (Å²) in [5, 5.41) is 0. The number of rotatable bonds is 3. The van der Waals surface area contributed by atoms with Crippen LogP contribution in [0.15, 0.2) is 78.9 Å². The van der Waals surface area contributed by atoms with E-state index in [0.717, 1.165) is 23.4 Å². The molecular formula is C24H24N2. The summed E-state index contributed by atoms with van der Waals surface area (Å²) in [5.74, 6) is 1.02. The van der Waals surface area contributed by atoms with Crippen LogP contribution < -0.4 is 0 Å². The third-order valence-corrected chi connectivity index (χ3v) is 4.85. The third-order valence-electron chi connectivity index (χ3n) is 4.85. The van der Waals surface area contributed by atoms with Gasteiger partial charge in [-0.3, -0.25) is 0 Å². The Hall–Kier alpha value is -2.87. The van der Waals surface area contributed by atoms with E-state index in [1.165, 1.54) is 16.6 Å². The molecule has 1 aromatic heterocycles. The van der Waals surface area contributed by atoms with Crippen molar-refractivity contribution >= 4 is 11.0 Å². The average molecular weight is 340 g/mol. The van der Waals surface area contributed by atoms with Crippen molar-refractivity contribution in [1.82, 2.24) is 9.55 Å². The summed E-state index contributed by atoms with van der Waals surface area (Å²) in [7, 11) is 0. The Kier molecular flexibility index (Phi) is 4.12. The molecule has 0 aliphatic carbocycles. The van der Waals surface area contributed by atoms with Gasteiger partial charge in [-0.25, -0.2) is 4.98 Å². The fourth-order valence-corrected chi connectivity index (χ4v) is 3.34. The summed E-state index contributed by atoms with van der Waals surface area (Å²) in [6.07, 6.45) is 0. The van der Waals surface area contributed by atoms with E-state index in [-0.39, 0.29) is 5.41 Å². The molecule has 0 aliphatic rings. The van der Waals surface area contributed by atoms with Crippen LogP contribution in [0.1, 0.15) is 31.9 Å². The molecule has 0 atom stereocenters. The van der Waals surface area contributed by atoms with Gasteiger partial charge < -0.3 is 4.57 Å². The van der Waals surface area contributed by atoms with Gasteiger partial charge in [-0.1, -0.05) is 87.5 Å². The lowest BCUT2D eigenvalue weighted by Gasteiger charge is -2.19. The summed E-state index contributed by atoms with van der Waals surface area (Å²) < 4.78 is 2.32. The van der Waals surface area contributed by atoms with Crippen molar-refractivity contribution in [1.29, 1.82) is 0 Å². The topological polar surface area (TPSA) is 17.8 Å². The molecular weight excluding hydrogens is 316 g/mol. The second-order valence-electron chi connectivity index (χ2n) is 7.82. The molecule has 0 aliphatic heterocycles. The number of imidazole rings is 1. The van der Waals surface area contributed by atoms with Gasteiger partial charge in [-0.2, -0.15) is 0 Å². The maximum Gasteiger partial charge on any atom is 0.141 e. The number of fused-ring (bicyclic) bond motifs is 1. The van der Waals surface area contributed by atoms with Crippen LogP contribution >= 0.6 is 0 Å². The van der Waals surface area contributed by atoms with Gasteiger partial charge in [0.05, 0.1) is 11.0 Å². The first kappa shape index (κ1) is 16.6. The third kappa shape index (κ3) is 3.15. The van der Waals surface area contributed by atoms with Gasteiger partial charge in [0.1, 0.15) is 5.82 Å². The highest BCUT2D eigenvalue weighted by Gasteiger charge is 2.15. The van der Waals surface area contributed by atoms with Crippen LogP contribution in [0.4, 0.5) is 0 Å². The van der Waals surface area contributed by atoms with Crippen LogP contribution in [0, 0.1) is 0 Å². The molecule has 0 bridgehead atoms. The average Bonchev–Trinajstić information content (AvgIpc) is 3.01. The first-order chi connectivity index (χ1) is 12.5. The van der Waals surface area contributed by atoms with Crippen LogP contribution in [-0.2, 0) is 12.0 Å². The number of nitrogens with zero attached hydrogens (tertiary/aromatic N) is 2. The van der Waals surface area contributed by atoms with Crippen molar-refractivity contribution in [2.24, 2.45) is 0 Å². The van der Waals surface area contributed by atoms with E-state index in [9.17, 15) is 0 Å². The number of aromatic nitrogens is 2. The second-order valence-corrected chi connectivity index (χ2v) is 7.82. The van der Waals surface area contributed by atoms with E-state index in [2.05, 4.69) is 92.1 Å². The molecule has 3 aromatic carbocycles. The molecule has 0 fully saturated rings. The SMILES string of the molecule is CC(C)(C)c1ccc(Cn2c(-c3ccccc3)nc3ccccc32)cc1. The van der Waals surface area contributed by atoms with Crippen molar-refractivity contribution < 1.29 is 0 Å². The Labute approximate surface area is 155 Å². The van der Waals surface area contributed by atoms with Crippen LogP contribution in [0.5, 0.6) is 0 Å². The van der Waals surface area contributed by atoms with Crippen LogP contribution in [0.25, 0.3) is 22.4 Å². The zero-order chi connectivity index (χ0) is 18.1. The highest BCUT2D eigenvalue weighted by atomic mass is 15.1. The minimum Gasteiger partial charge on any atom is -0.319 e. The van der Waals surface area contributed by atoms with Gasteiger partial charge >= 0.3 is 0 Å². The fraction of sp³-hybridized carbons (Fsp3) is 0.208. The molecule has 26 heavy (non-hydrogen) atoms. The van der Waals surface area contributed by atoms with Crippen molar-refractivity contribution in [3.05, 3.63) is 90.0 Å². The van der Waals surface area contributed by atoms with E-state index in [0.29, 0.717) is 0 Å². The molecule has 0 amide bonds. The first-order valence-corrected chi connectivity index (χ1v) is 9.12. The van der Waals surface area contributed by atoms with E-state index < -0.39 is 0 Å². The first-order valence-electron chi connectivity index (χ1n) is 9.12. The summed E-state index contributed by atoms with van der Waals surface area (Å²) in [6, 6.07) is 27.8. The summed E-state index contributed by atoms with van der Waals surface area (Å²) >= 11 is 0. The highest BCUT2D eigenvalue weighted by Crippen LogP contribution is 2.27. The summed E-state index contributed by atoms with van der Waals surface area (Å²) in [4.78, 5) is 4.90. The Morgan fingerprint density at radius 2 is 1.42 bits per heavy atom. The van der Waals surface area contributed by atoms with Crippen molar-refractivity contribution in [3.8, 4) is 11.4 Å². The maximum atomic E-state index is 4.90. The van der Waals surface area contributed by atoms with Crippen molar-refractivity contribution in [2.75, 3.05) is 0 Å². The summed E-state index contributed by atoms with van der Waals surface area (Å²) in [6.45, 7) is 7.56. The van der Waals surface area contributed by atoms with E-state index in [1.54, 1.807) is 0 Å². The molecule has 2 heteroatoms. The number of hydrogen-bond acceptors (Lipinski definition) is 1. The molecule has 0 radical (unpaired) electrons. The van der Waals surface area contributed by atoms with E-state index in [4.69, 9.17) is 4.98 Å². The van der Waals surface area contributed by atoms with Crippen molar-refractivity contribution in [2.45, 2.75) is 32.7 Å². The van der Waals surface area contributed by atoms with Crippen LogP contribution in [0.2, 0.25) is 0 Å². The normalized spacial score (nSPS) is 11.8. The molecule has 130 valence electrons. The number of hydrogen-bond donors (Lipinski definition) is 0. The Morgan fingerprint density at radius 3 is 2.12 bits per heavy atom. The lowest BCUT2D eigenvalue weighted by atomic mass is 9.87. The molecule has 0 N–H and O–H groups in total. The molecule has 0 spiro atoms. The van der Waals surface area contributed by atoms with Crippen LogP contribution in [-0.4, -0.2) is 9.55 Å². The smallest absolute Gasteiger partial charge is 0.141 e. The monoisotopic (exact) mass is 340 g/mol. The van der Waals surface area contributed by atoms with Gasteiger partial charge in [-0.05, 0) is 28.7 Å². The fourth-order valence-electron chi connectivity index (χ4n) is 3.34. The molecule has 4 rings (SSSR count). The predicted molar refractivity (Wildman–Crippen MR) is 109 cm³/mol. The van der Waals surface area contributed by atoms with E-state index >= 15 is 0 Å². The molecule has 0 saturated carbocycles. The minimum atomic E-state index is 0.176. The lowest BCUT2D eigenvalue weighted by molar-refractivity contribution is 0.590. The minimum absolute atomic E-state index is 0.176. The lowest BCUT2D eigenvalue weighted by Crippen LogP contribution is -2.11. The van der Waals surface area contributed by atoms with Gasteiger partial charge in [0.2, 0.25) is 0 Å². The quantitative estimate of drug-likeness (QED) is 0.444. The van der Waals surface area contributed by atoms with Crippen molar-refractivity contribution in [3.63, 3.8) is 0 Å². The number of benzene rings is 3. The maximum absolute atomic E-state index is 4.90. The Morgan fingerprint density at radius 1 is 0.769 bits per heavy atom. The predicted octanol–water partition coefficient (Wildman–Crippen LogP) is 6.05. The number of para-hydroxylation sites is 2. The highest BCUT2D eigenvalue weighted by molar-refractivity contribution is 5.80. The molecule has 4 aromatic rings.